The first-order valence-electron chi connectivity index (χ1n) is 10.5. The molecule has 0 spiro atoms. The van der Waals surface area contributed by atoms with E-state index in [1.54, 1.807) is 6.92 Å². The van der Waals surface area contributed by atoms with Crippen LogP contribution in [0.1, 0.15) is 75.5 Å². The van der Waals surface area contributed by atoms with Gasteiger partial charge in [0.15, 0.2) is 0 Å². The number of carbonyl (C=O) groups is 2. The number of nitrogens with one attached hydrogen (secondary N) is 1. The summed E-state index contributed by atoms with van der Waals surface area (Å²) in [4.78, 5) is 41.1. The van der Waals surface area contributed by atoms with E-state index in [0.717, 1.165) is 52.9 Å². The van der Waals surface area contributed by atoms with E-state index in [2.05, 4.69) is 32.1 Å². The van der Waals surface area contributed by atoms with Crippen molar-refractivity contribution >= 4 is 50.9 Å². The second kappa shape index (κ2) is 9.13. The lowest BCUT2D eigenvalue weighted by molar-refractivity contribution is -0.110. The van der Waals surface area contributed by atoms with Crippen LogP contribution in [-0.2, 0) is 4.79 Å². The second-order valence-electron chi connectivity index (χ2n) is 7.92. The minimum Gasteiger partial charge on any atom is -0.477 e. The summed E-state index contributed by atoms with van der Waals surface area (Å²) in [5.74, 6) is -0.421. The highest BCUT2D eigenvalue weighted by Gasteiger charge is 2.33. The smallest absolute Gasteiger partial charge is 0.346 e. The Kier molecular flexibility index (Phi) is 6.74. The summed E-state index contributed by atoms with van der Waals surface area (Å²) in [6.45, 7) is 13.2. The normalized spacial score (nSPS) is 17.0. The minimum atomic E-state index is -0.957. The number of allylic oxidation sites excluding steroid dienone is 2. The average molecular weight is 444 g/mol. The number of aliphatic imine (C=N–C) groups is 1. The Labute approximate surface area is 186 Å². The van der Waals surface area contributed by atoms with Crippen LogP contribution in [0.3, 0.4) is 0 Å². The summed E-state index contributed by atoms with van der Waals surface area (Å²) in [5.41, 5.74) is 3.05. The third-order valence-corrected chi connectivity index (χ3v) is 6.67. The van der Waals surface area contributed by atoms with Crippen LogP contribution in [0, 0.1) is 0 Å². The molecule has 1 aliphatic heterocycles. The molecule has 0 saturated heterocycles. The second-order valence-corrected chi connectivity index (χ2v) is 8.92. The number of amides is 1. The van der Waals surface area contributed by atoms with E-state index in [0.29, 0.717) is 27.8 Å². The third kappa shape index (κ3) is 4.46. The molecule has 1 amide bonds. The zero-order valence-corrected chi connectivity index (χ0v) is 19.7. The Morgan fingerprint density at radius 3 is 2.58 bits per heavy atom. The number of rotatable bonds is 7. The Bertz CT molecular complexity index is 1100. The highest BCUT2D eigenvalue weighted by Crippen LogP contribution is 2.44. The van der Waals surface area contributed by atoms with Crippen molar-refractivity contribution in [2.75, 3.05) is 23.3 Å². The lowest BCUT2D eigenvalue weighted by Gasteiger charge is -2.32. The fourth-order valence-corrected chi connectivity index (χ4v) is 4.87. The molecule has 1 unspecified atom stereocenters. The van der Waals surface area contributed by atoms with Crippen LogP contribution in [0.2, 0.25) is 0 Å². The SMILES string of the molecule is CCCN1CC(C)c2c(C(=O)O)sc3nc(NC(=O)C(C)=N/C(C)=C(\C)CC)nc1c23. The van der Waals surface area contributed by atoms with Gasteiger partial charge in [0.1, 0.15) is 21.2 Å². The lowest BCUT2D eigenvalue weighted by atomic mass is 9.94. The standard InChI is InChI=1S/C22H29N5O3S/c1-7-9-27-10-12(4)15-16-18(27)24-22(26-20(16)31-17(15)21(29)30)25-19(28)14(6)23-13(5)11(3)8-2/h12H,7-10H2,1-6H3,(H,29,30)(H,24,25,26,28)/b13-11+,23-14?. The zero-order chi connectivity index (χ0) is 22.9. The van der Waals surface area contributed by atoms with E-state index in [-0.39, 0.29) is 17.8 Å². The number of thiophene rings is 1. The first-order valence-corrected chi connectivity index (χ1v) is 11.3. The molecule has 9 heteroatoms. The highest BCUT2D eigenvalue weighted by molar-refractivity contribution is 7.20. The van der Waals surface area contributed by atoms with Crippen LogP contribution >= 0.6 is 11.3 Å². The van der Waals surface area contributed by atoms with E-state index in [1.807, 2.05) is 27.7 Å². The van der Waals surface area contributed by atoms with Gasteiger partial charge in [0.25, 0.3) is 5.91 Å². The zero-order valence-electron chi connectivity index (χ0n) is 18.9. The van der Waals surface area contributed by atoms with Crippen LogP contribution in [0.5, 0.6) is 0 Å². The molecule has 0 aromatic carbocycles. The molecule has 0 bridgehead atoms. The van der Waals surface area contributed by atoms with Gasteiger partial charge in [-0.3, -0.25) is 15.1 Å². The van der Waals surface area contributed by atoms with E-state index in [4.69, 9.17) is 0 Å². The lowest BCUT2D eigenvalue weighted by Crippen LogP contribution is -2.33. The van der Waals surface area contributed by atoms with Gasteiger partial charge in [-0.1, -0.05) is 26.3 Å². The summed E-state index contributed by atoms with van der Waals surface area (Å²) in [6.07, 6.45) is 1.80. The summed E-state index contributed by atoms with van der Waals surface area (Å²) < 4.78 is 0. The number of nitrogens with zero attached hydrogens (tertiary/aromatic N) is 4. The van der Waals surface area contributed by atoms with Crippen LogP contribution < -0.4 is 10.2 Å². The van der Waals surface area contributed by atoms with Crippen molar-refractivity contribution in [2.24, 2.45) is 4.99 Å². The number of hydrogen-bond donors (Lipinski definition) is 2. The summed E-state index contributed by atoms with van der Waals surface area (Å²) in [6, 6.07) is 0. The topological polar surface area (TPSA) is 108 Å². The quantitative estimate of drug-likeness (QED) is 0.594. The van der Waals surface area contributed by atoms with Crippen molar-refractivity contribution in [3.8, 4) is 0 Å². The molecule has 3 heterocycles. The van der Waals surface area contributed by atoms with Gasteiger partial charge in [0.2, 0.25) is 5.95 Å². The molecular weight excluding hydrogens is 414 g/mol. The molecule has 3 rings (SSSR count). The number of carboxylic acids is 1. The molecule has 2 aromatic rings. The fraction of sp³-hybridized carbons (Fsp3) is 0.500. The summed E-state index contributed by atoms with van der Waals surface area (Å²) >= 11 is 1.14. The van der Waals surface area contributed by atoms with Gasteiger partial charge in [0, 0.05) is 24.7 Å². The summed E-state index contributed by atoms with van der Waals surface area (Å²) in [5, 5.41) is 13.2. The van der Waals surface area contributed by atoms with Crippen molar-refractivity contribution in [3.05, 3.63) is 21.7 Å². The molecule has 1 aliphatic rings. The van der Waals surface area contributed by atoms with Gasteiger partial charge < -0.3 is 10.0 Å². The molecule has 2 aromatic heterocycles. The number of aromatic nitrogens is 2. The van der Waals surface area contributed by atoms with Gasteiger partial charge in [0.05, 0.1) is 5.39 Å². The maximum atomic E-state index is 12.7. The molecule has 31 heavy (non-hydrogen) atoms. The van der Waals surface area contributed by atoms with E-state index in [9.17, 15) is 14.7 Å². The van der Waals surface area contributed by atoms with Gasteiger partial charge in [-0.05, 0) is 39.2 Å². The Balaban J connectivity index is 2.05. The van der Waals surface area contributed by atoms with Crippen molar-refractivity contribution in [3.63, 3.8) is 0 Å². The molecule has 0 fully saturated rings. The Hall–Kier alpha value is -2.81. The first-order chi connectivity index (χ1) is 14.7. The van der Waals surface area contributed by atoms with Gasteiger partial charge >= 0.3 is 5.97 Å². The predicted molar refractivity (Wildman–Crippen MR) is 126 cm³/mol. The monoisotopic (exact) mass is 443 g/mol. The van der Waals surface area contributed by atoms with E-state index < -0.39 is 5.97 Å². The molecular formula is C22H29N5O3S. The van der Waals surface area contributed by atoms with Crippen LogP contribution in [-0.4, -0.2) is 45.8 Å². The van der Waals surface area contributed by atoms with E-state index in [1.165, 1.54) is 0 Å². The highest BCUT2D eigenvalue weighted by atomic mass is 32.1. The van der Waals surface area contributed by atoms with Gasteiger partial charge in [-0.2, -0.15) is 4.98 Å². The molecule has 0 radical (unpaired) electrons. The number of carboxylic acid groups (broad SMARTS) is 1. The number of carbonyl (C=O) groups excluding carboxylic acids is 1. The van der Waals surface area contributed by atoms with Gasteiger partial charge in [-0.25, -0.2) is 9.78 Å². The average Bonchev–Trinajstić information content (AvgIpc) is 3.11. The van der Waals surface area contributed by atoms with Crippen molar-refractivity contribution in [2.45, 2.75) is 60.3 Å². The maximum absolute atomic E-state index is 12.7. The van der Waals surface area contributed by atoms with Crippen molar-refractivity contribution in [1.82, 2.24) is 9.97 Å². The van der Waals surface area contributed by atoms with Gasteiger partial charge in [-0.15, -0.1) is 11.3 Å². The molecule has 0 saturated carbocycles. The molecule has 8 nitrogen and oxygen atoms in total. The first kappa shape index (κ1) is 22.9. The predicted octanol–water partition coefficient (Wildman–Crippen LogP) is 4.83. The number of aromatic carboxylic acids is 1. The van der Waals surface area contributed by atoms with Crippen molar-refractivity contribution in [1.29, 1.82) is 0 Å². The number of hydrogen-bond acceptors (Lipinski definition) is 7. The molecule has 0 aliphatic carbocycles. The van der Waals surface area contributed by atoms with E-state index >= 15 is 0 Å². The van der Waals surface area contributed by atoms with Crippen LogP contribution in [0.15, 0.2) is 16.3 Å². The largest absolute Gasteiger partial charge is 0.477 e. The van der Waals surface area contributed by atoms with Crippen molar-refractivity contribution < 1.29 is 14.7 Å². The third-order valence-electron chi connectivity index (χ3n) is 5.58. The van der Waals surface area contributed by atoms with Crippen LogP contribution in [0.25, 0.3) is 10.2 Å². The Morgan fingerprint density at radius 2 is 1.97 bits per heavy atom. The maximum Gasteiger partial charge on any atom is 0.346 e. The number of anilines is 2. The fourth-order valence-electron chi connectivity index (χ4n) is 3.74. The molecule has 166 valence electrons. The Morgan fingerprint density at radius 1 is 1.26 bits per heavy atom. The molecule has 2 N–H and O–H groups in total. The summed E-state index contributed by atoms with van der Waals surface area (Å²) in [7, 11) is 0. The molecule has 1 atom stereocenters. The minimum absolute atomic E-state index is 0.0638. The van der Waals surface area contributed by atoms with Crippen LogP contribution in [0.4, 0.5) is 11.8 Å².